The maximum Gasteiger partial charge on any atom is 0.407 e. The van der Waals surface area contributed by atoms with Crippen LogP contribution in [0.2, 0.25) is 0 Å². The van der Waals surface area contributed by atoms with Crippen molar-refractivity contribution in [2.24, 2.45) is 5.73 Å². The van der Waals surface area contributed by atoms with E-state index in [1.807, 2.05) is 0 Å². The number of nitrogens with two attached hydrogens (primary N) is 1. The van der Waals surface area contributed by atoms with Gasteiger partial charge in [-0.15, -0.1) is 4.80 Å². The van der Waals surface area contributed by atoms with Crippen LogP contribution in [0.25, 0.3) is 5.69 Å². The largest absolute Gasteiger partial charge is 0.443 e. The molecular formula is C14H14FN5O3. The Morgan fingerprint density at radius 2 is 2.17 bits per heavy atom. The van der Waals surface area contributed by atoms with E-state index in [-0.39, 0.29) is 12.2 Å². The van der Waals surface area contributed by atoms with Crippen molar-refractivity contribution in [1.82, 2.24) is 20.3 Å². The highest BCUT2D eigenvalue weighted by molar-refractivity contribution is 5.88. The highest BCUT2D eigenvalue weighted by Gasteiger charge is 2.47. The third-order valence-electron chi connectivity index (χ3n) is 4.02. The van der Waals surface area contributed by atoms with Crippen LogP contribution >= 0.6 is 0 Å². The second kappa shape index (κ2) is 5.34. The molecule has 1 aromatic heterocycles. The first-order chi connectivity index (χ1) is 10.9. The zero-order valence-corrected chi connectivity index (χ0v) is 12.2. The molecule has 2 aromatic rings. The Balaban J connectivity index is 2.02. The van der Waals surface area contributed by atoms with Gasteiger partial charge in [0, 0.05) is 0 Å². The zero-order chi connectivity index (χ0) is 16.6. The van der Waals surface area contributed by atoms with Gasteiger partial charge in [0.05, 0.1) is 18.9 Å². The molecule has 0 radical (unpaired) electrons. The molecule has 0 saturated carbocycles. The molecule has 8 nitrogen and oxygen atoms in total. The molecule has 23 heavy (non-hydrogen) atoms. The van der Waals surface area contributed by atoms with Crippen LogP contribution in [0, 0.1) is 5.82 Å². The van der Waals surface area contributed by atoms with Crippen LogP contribution in [0.1, 0.15) is 12.5 Å². The number of ether oxygens (including phenoxy) is 1. The molecule has 0 bridgehead atoms. The van der Waals surface area contributed by atoms with Crippen LogP contribution < -0.4 is 11.1 Å². The molecule has 2 atom stereocenters. The number of primary amides is 1. The highest BCUT2D eigenvalue weighted by Crippen LogP contribution is 2.32. The Morgan fingerprint density at radius 3 is 2.70 bits per heavy atom. The van der Waals surface area contributed by atoms with E-state index < -0.39 is 29.3 Å². The van der Waals surface area contributed by atoms with Crippen molar-refractivity contribution in [2.45, 2.75) is 18.4 Å². The van der Waals surface area contributed by atoms with Crippen molar-refractivity contribution >= 4 is 12.0 Å². The molecule has 1 aliphatic heterocycles. The number of rotatable bonds is 4. The number of nitrogens with one attached hydrogen (secondary N) is 1. The maximum atomic E-state index is 14.4. The van der Waals surface area contributed by atoms with Gasteiger partial charge in [0.2, 0.25) is 5.91 Å². The molecular weight excluding hydrogens is 305 g/mol. The number of hydrogen-bond acceptors (Lipinski definition) is 5. The van der Waals surface area contributed by atoms with E-state index in [0.717, 1.165) is 4.80 Å². The number of alkyl carbamates (subject to hydrolysis) is 1. The normalized spacial score (nSPS) is 19.7. The molecule has 0 spiro atoms. The van der Waals surface area contributed by atoms with E-state index in [9.17, 15) is 14.0 Å². The molecule has 1 fully saturated rings. The number of halogens is 1. The van der Waals surface area contributed by atoms with Crippen LogP contribution in [0.5, 0.6) is 0 Å². The van der Waals surface area contributed by atoms with Crippen LogP contribution in [-0.4, -0.2) is 39.6 Å². The fraction of sp³-hybridized carbons (Fsp3) is 0.286. The van der Waals surface area contributed by atoms with Crippen molar-refractivity contribution in [3.05, 3.63) is 42.0 Å². The lowest BCUT2D eigenvalue weighted by Crippen LogP contribution is -2.49. The van der Waals surface area contributed by atoms with Crippen molar-refractivity contribution < 1.29 is 18.7 Å². The minimum Gasteiger partial charge on any atom is -0.443 e. The Kier molecular flexibility index (Phi) is 3.47. The average molecular weight is 319 g/mol. The van der Waals surface area contributed by atoms with Gasteiger partial charge in [0.15, 0.2) is 5.82 Å². The fourth-order valence-electron chi connectivity index (χ4n) is 2.53. The number of carbonyl (C=O) groups excluding carboxylic acids is 2. The summed E-state index contributed by atoms with van der Waals surface area (Å²) in [6.45, 7) is 1.63. The van der Waals surface area contributed by atoms with E-state index in [4.69, 9.17) is 10.5 Å². The first-order valence-corrected chi connectivity index (χ1v) is 6.84. The quantitative estimate of drug-likeness (QED) is 0.839. The maximum absolute atomic E-state index is 14.4. The van der Waals surface area contributed by atoms with Crippen LogP contribution in [0.4, 0.5) is 9.18 Å². The Morgan fingerprint density at radius 1 is 1.48 bits per heavy atom. The third-order valence-corrected chi connectivity index (χ3v) is 4.02. The van der Waals surface area contributed by atoms with E-state index in [1.165, 1.54) is 31.5 Å². The molecule has 3 N–H and O–H groups in total. The Hall–Kier alpha value is -2.97. The number of nitrogens with zero attached hydrogens (tertiary/aromatic N) is 3. The van der Waals surface area contributed by atoms with Gasteiger partial charge in [-0.05, 0) is 24.6 Å². The van der Waals surface area contributed by atoms with Gasteiger partial charge in [-0.1, -0.05) is 6.07 Å². The summed E-state index contributed by atoms with van der Waals surface area (Å²) < 4.78 is 19.5. The number of amides is 2. The van der Waals surface area contributed by atoms with Crippen molar-refractivity contribution in [3.8, 4) is 5.69 Å². The van der Waals surface area contributed by atoms with Crippen molar-refractivity contribution in [2.75, 3.05) is 6.54 Å². The van der Waals surface area contributed by atoms with Gasteiger partial charge < -0.3 is 15.8 Å². The highest BCUT2D eigenvalue weighted by atomic mass is 19.1. The minimum absolute atomic E-state index is 0.113. The number of benzene rings is 1. The average Bonchev–Trinajstić information content (AvgIpc) is 3.17. The smallest absolute Gasteiger partial charge is 0.407 e. The Bertz CT molecular complexity index is 764. The zero-order valence-electron chi connectivity index (χ0n) is 12.2. The molecule has 3 rings (SSSR count). The molecule has 1 aromatic carbocycles. The fourth-order valence-corrected chi connectivity index (χ4v) is 2.53. The molecule has 9 heteroatoms. The van der Waals surface area contributed by atoms with Crippen LogP contribution in [0.3, 0.4) is 0 Å². The summed E-state index contributed by atoms with van der Waals surface area (Å²) >= 11 is 0. The third kappa shape index (κ3) is 2.39. The second-order valence-electron chi connectivity index (χ2n) is 5.33. The van der Waals surface area contributed by atoms with Gasteiger partial charge in [0.1, 0.15) is 17.2 Å². The van der Waals surface area contributed by atoms with Crippen LogP contribution in [-0.2, 0) is 14.9 Å². The summed E-state index contributed by atoms with van der Waals surface area (Å²) in [7, 11) is 0. The molecule has 1 aliphatic rings. The molecule has 0 aliphatic carbocycles. The molecule has 2 amide bonds. The number of carbonyl (C=O) groups is 2. The molecule has 2 unspecified atom stereocenters. The van der Waals surface area contributed by atoms with E-state index in [1.54, 1.807) is 6.07 Å². The van der Waals surface area contributed by atoms with E-state index in [0.29, 0.717) is 5.56 Å². The lowest BCUT2D eigenvalue weighted by molar-refractivity contribution is -0.126. The second-order valence-corrected chi connectivity index (χ2v) is 5.33. The van der Waals surface area contributed by atoms with Crippen molar-refractivity contribution in [3.63, 3.8) is 0 Å². The predicted octanol–water partition coefficient (Wildman–Crippen LogP) is 0.258. The number of cyclic esters (lactones) is 1. The summed E-state index contributed by atoms with van der Waals surface area (Å²) in [5.41, 5.74) is 4.57. The summed E-state index contributed by atoms with van der Waals surface area (Å²) in [6.07, 6.45) is 1.38. The molecule has 120 valence electrons. The van der Waals surface area contributed by atoms with Gasteiger partial charge in [-0.25, -0.2) is 9.18 Å². The lowest BCUT2D eigenvalue weighted by Gasteiger charge is -2.31. The van der Waals surface area contributed by atoms with Gasteiger partial charge in [-0.2, -0.15) is 10.2 Å². The summed E-state index contributed by atoms with van der Waals surface area (Å²) in [4.78, 5) is 24.4. The Labute approximate surface area is 130 Å². The monoisotopic (exact) mass is 319 g/mol. The summed E-state index contributed by atoms with van der Waals surface area (Å²) in [5.74, 6) is -1.34. The standard InChI is InChI=1S/C14H14FN5O3/c1-14(12(16)21,11-7-17-13(22)23-11)8-2-3-10(9(15)6-8)20-18-4-5-19-20/h2-6,11H,7H2,1H3,(H2,16,21)(H,17,22). The van der Waals surface area contributed by atoms with Gasteiger partial charge >= 0.3 is 6.09 Å². The first-order valence-electron chi connectivity index (χ1n) is 6.84. The van der Waals surface area contributed by atoms with Gasteiger partial charge in [0.25, 0.3) is 0 Å². The van der Waals surface area contributed by atoms with Gasteiger partial charge in [-0.3, -0.25) is 4.79 Å². The van der Waals surface area contributed by atoms with Crippen molar-refractivity contribution in [1.29, 1.82) is 0 Å². The first kappa shape index (κ1) is 14.9. The number of aromatic nitrogens is 3. The minimum atomic E-state index is -1.37. The van der Waals surface area contributed by atoms with E-state index >= 15 is 0 Å². The lowest BCUT2D eigenvalue weighted by atomic mass is 9.76. The SMILES string of the molecule is CC(C(N)=O)(c1ccc(-n2nccn2)c(F)c1)C1CNC(=O)O1. The van der Waals surface area contributed by atoms with E-state index in [2.05, 4.69) is 15.5 Å². The topological polar surface area (TPSA) is 112 Å². The summed E-state index contributed by atoms with van der Waals surface area (Å²) in [6, 6.07) is 4.16. The number of hydrogen-bond donors (Lipinski definition) is 2. The molecule has 2 heterocycles. The molecule has 1 saturated heterocycles. The summed E-state index contributed by atoms with van der Waals surface area (Å²) in [5, 5.41) is 10.2. The van der Waals surface area contributed by atoms with Crippen LogP contribution in [0.15, 0.2) is 30.6 Å². The predicted molar refractivity (Wildman–Crippen MR) is 76.1 cm³/mol.